The van der Waals surface area contributed by atoms with Crippen molar-refractivity contribution in [1.82, 2.24) is 0 Å². The molecule has 5 N–H and O–H groups in total. The van der Waals surface area contributed by atoms with Gasteiger partial charge in [0, 0.05) is 17.9 Å². The van der Waals surface area contributed by atoms with Crippen LogP contribution in [0.15, 0.2) is 60.9 Å². The summed E-state index contributed by atoms with van der Waals surface area (Å²) in [5.74, 6) is -0.776. The van der Waals surface area contributed by atoms with Gasteiger partial charge < -0.3 is 39.7 Å². The van der Waals surface area contributed by atoms with E-state index in [1.165, 1.54) is 38.7 Å². The highest BCUT2D eigenvalue weighted by Crippen LogP contribution is 2.38. The minimum Gasteiger partial charge on any atom is -0.504 e. The van der Waals surface area contributed by atoms with Crippen LogP contribution in [-0.2, 0) is 24.1 Å². The minimum atomic E-state index is -1.01. The highest BCUT2D eigenvalue weighted by molar-refractivity contribution is 5.82. The van der Waals surface area contributed by atoms with Crippen LogP contribution in [-0.4, -0.2) is 51.6 Å². The molecule has 3 atom stereocenters. The number of aliphatic hydroxyl groups is 2. The number of methoxy groups -OCH3 is 2. The Bertz CT molecular complexity index is 1380. The Hall–Kier alpha value is -4.21. The molecule has 4 rings (SSSR count). The molecule has 212 valence electrons. The summed E-state index contributed by atoms with van der Waals surface area (Å²) in [6.45, 7) is 0. The van der Waals surface area contributed by atoms with E-state index in [-0.39, 0.29) is 54.5 Å². The molecule has 0 amide bonds. The van der Waals surface area contributed by atoms with Crippen LogP contribution >= 0.6 is 0 Å². The molecule has 0 aliphatic carbocycles. The van der Waals surface area contributed by atoms with Crippen LogP contribution in [0.1, 0.15) is 41.2 Å². The Morgan fingerprint density at radius 3 is 2.45 bits per heavy atom. The predicted molar refractivity (Wildman–Crippen MR) is 147 cm³/mol. The Morgan fingerprint density at radius 1 is 0.950 bits per heavy atom. The van der Waals surface area contributed by atoms with Gasteiger partial charge in [0.25, 0.3) is 0 Å². The normalized spacial score (nSPS) is 15.6. The predicted octanol–water partition coefficient (Wildman–Crippen LogP) is 4.11. The van der Waals surface area contributed by atoms with Crippen molar-refractivity contribution in [3.8, 4) is 34.5 Å². The van der Waals surface area contributed by atoms with Gasteiger partial charge in [0.1, 0.15) is 17.6 Å². The maximum Gasteiger partial charge on any atom is 0.200 e. The van der Waals surface area contributed by atoms with Crippen molar-refractivity contribution in [2.45, 2.75) is 44.3 Å². The molecule has 1 aliphatic rings. The number of hydrogen-bond acceptors (Lipinski definition) is 9. The molecule has 0 saturated heterocycles. The van der Waals surface area contributed by atoms with Gasteiger partial charge in [-0.1, -0.05) is 18.2 Å². The second kappa shape index (κ2) is 12.8. The molecular weight excluding hydrogens is 516 g/mol. The average Bonchev–Trinajstić information content (AvgIpc) is 2.95. The number of aliphatic hydroxyl groups excluding tert-OH is 2. The number of ether oxygens (including phenoxy) is 3. The number of aryl methyl sites for hydroxylation is 2. The van der Waals surface area contributed by atoms with Gasteiger partial charge in [0.15, 0.2) is 23.0 Å². The van der Waals surface area contributed by atoms with Crippen molar-refractivity contribution < 1.29 is 44.5 Å². The number of phenolic OH excluding ortho intramolecular Hbond substituents is 3. The fourth-order valence-corrected chi connectivity index (χ4v) is 4.99. The van der Waals surface area contributed by atoms with E-state index in [2.05, 4.69) is 0 Å². The molecule has 0 spiro atoms. The Balaban J connectivity index is 1.56. The summed E-state index contributed by atoms with van der Waals surface area (Å²) in [6.07, 6.45) is 2.23. The van der Waals surface area contributed by atoms with Gasteiger partial charge in [-0.25, -0.2) is 0 Å². The van der Waals surface area contributed by atoms with Crippen LogP contribution in [0.25, 0.3) is 0 Å². The summed E-state index contributed by atoms with van der Waals surface area (Å²) >= 11 is 0. The molecule has 0 bridgehead atoms. The molecule has 1 heterocycles. The number of benzene rings is 3. The fraction of sp³-hybridized carbons (Fsp3) is 0.323. The summed E-state index contributed by atoms with van der Waals surface area (Å²) in [5, 5.41) is 51.7. The summed E-state index contributed by atoms with van der Waals surface area (Å²) in [4.78, 5) is 13.6. The van der Waals surface area contributed by atoms with E-state index in [1.807, 2.05) is 6.07 Å². The first-order valence-corrected chi connectivity index (χ1v) is 13.0. The molecular formula is C31H34O9. The lowest BCUT2D eigenvalue weighted by Crippen LogP contribution is -2.31. The lowest BCUT2D eigenvalue weighted by molar-refractivity contribution is -0.126. The van der Waals surface area contributed by atoms with Gasteiger partial charge in [-0.2, -0.15) is 0 Å². The lowest BCUT2D eigenvalue weighted by atomic mass is 9.83. The van der Waals surface area contributed by atoms with Crippen molar-refractivity contribution in [3.63, 3.8) is 0 Å². The average molecular weight is 551 g/mol. The maximum atomic E-state index is 13.6. The highest BCUT2D eigenvalue weighted by Gasteiger charge is 2.30. The lowest BCUT2D eigenvalue weighted by Gasteiger charge is -2.26. The number of carbonyl (C=O) groups is 1. The van der Waals surface area contributed by atoms with E-state index in [9.17, 15) is 30.3 Å². The van der Waals surface area contributed by atoms with Crippen molar-refractivity contribution in [3.05, 3.63) is 83.1 Å². The number of phenols is 3. The van der Waals surface area contributed by atoms with Crippen LogP contribution in [0, 0.1) is 5.92 Å². The summed E-state index contributed by atoms with van der Waals surface area (Å²) in [6, 6.07) is 13.2. The first-order valence-electron chi connectivity index (χ1n) is 13.0. The standard InChI is InChI=1S/C31H34O9/c1-38-28-15-18(7-11-24(28)34)6-9-22(32)21(17-20-4-3-5-27-30(20)25(35)12-13-40-27)23(33)10-8-19-14-26(36)31(37)29(16-19)39-2/h3-5,7,11-16,21-22,25,32,34-37H,6,8-10,17H2,1-2H3/t21-,22-,25-/m1/s1. The maximum absolute atomic E-state index is 13.6. The zero-order chi connectivity index (χ0) is 28.8. The number of aromatic hydroxyl groups is 3. The number of carbonyl (C=O) groups excluding carboxylic acids is 1. The van der Waals surface area contributed by atoms with Crippen molar-refractivity contribution in [1.29, 1.82) is 0 Å². The number of fused-ring (bicyclic) bond motifs is 1. The molecule has 0 unspecified atom stereocenters. The van der Waals surface area contributed by atoms with Crippen LogP contribution < -0.4 is 14.2 Å². The third-order valence-electron chi connectivity index (χ3n) is 7.19. The van der Waals surface area contributed by atoms with Crippen LogP contribution in [0.5, 0.6) is 34.5 Å². The fourth-order valence-electron chi connectivity index (χ4n) is 4.99. The molecule has 3 aromatic carbocycles. The zero-order valence-electron chi connectivity index (χ0n) is 22.4. The number of Topliss-reactive ketones (excluding diaryl/α,β-unsaturated/α-hetero) is 1. The van der Waals surface area contributed by atoms with E-state index in [0.717, 1.165) is 5.56 Å². The van der Waals surface area contributed by atoms with Gasteiger partial charge in [-0.3, -0.25) is 4.79 Å². The second-order valence-corrected chi connectivity index (χ2v) is 9.78. The Kier molecular flexibility index (Phi) is 9.19. The topological polar surface area (TPSA) is 146 Å². The van der Waals surface area contributed by atoms with Gasteiger partial charge in [0.2, 0.25) is 5.75 Å². The third kappa shape index (κ3) is 6.50. The molecule has 9 nitrogen and oxygen atoms in total. The highest BCUT2D eigenvalue weighted by atomic mass is 16.5. The van der Waals surface area contributed by atoms with E-state index in [1.54, 1.807) is 30.3 Å². The van der Waals surface area contributed by atoms with Crippen molar-refractivity contribution >= 4 is 5.78 Å². The third-order valence-corrected chi connectivity index (χ3v) is 7.19. The number of hydrogen-bond donors (Lipinski definition) is 5. The van der Waals surface area contributed by atoms with E-state index in [4.69, 9.17) is 14.2 Å². The Labute approximate surface area is 232 Å². The molecule has 0 aromatic heterocycles. The number of ketones is 1. The van der Waals surface area contributed by atoms with E-state index >= 15 is 0 Å². The second-order valence-electron chi connectivity index (χ2n) is 9.78. The van der Waals surface area contributed by atoms with Crippen LogP contribution in [0.3, 0.4) is 0 Å². The quantitative estimate of drug-likeness (QED) is 0.210. The summed E-state index contributed by atoms with van der Waals surface area (Å²) < 4.78 is 15.8. The molecule has 9 heteroatoms. The smallest absolute Gasteiger partial charge is 0.200 e. The number of rotatable bonds is 12. The first-order chi connectivity index (χ1) is 19.2. The van der Waals surface area contributed by atoms with Gasteiger partial charge in [-0.05, 0) is 78.8 Å². The van der Waals surface area contributed by atoms with Gasteiger partial charge in [-0.15, -0.1) is 0 Å². The van der Waals surface area contributed by atoms with Crippen molar-refractivity contribution in [2.24, 2.45) is 5.92 Å². The first kappa shape index (κ1) is 28.8. The van der Waals surface area contributed by atoms with Gasteiger partial charge in [0.05, 0.1) is 26.6 Å². The minimum absolute atomic E-state index is 0.0143. The largest absolute Gasteiger partial charge is 0.504 e. The van der Waals surface area contributed by atoms with Crippen molar-refractivity contribution in [2.75, 3.05) is 14.2 Å². The van der Waals surface area contributed by atoms with E-state index < -0.39 is 18.1 Å². The molecule has 0 radical (unpaired) electrons. The molecule has 0 saturated carbocycles. The monoisotopic (exact) mass is 550 g/mol. The molecule has 0 fully saturated rings. The summed E-state index contributed by atoms with van der Waals surface area (Å²) in [7, 11) is 2.83. The molecule has 40 heavy (non-hydrogen) atoms. The van der Waals surface area contributed by atoms with Gasteiger partial charge >= 0.3 is 0 Å². The van der Waals surface area contributed by atoms with Crippen LogP contribution in [0.4, 0.5) is 0 Å². The molecule has 1 aliphatic heterocycles. The summed E-state index contributed by atoms with van der Waals surface area (Å²) in [5.41, 5.74) is 2.68. The molecule has 3 aromatic rings. The Morgan fingerprint density at radius 2 is 1.70 bits per heavy atom. The zero-order valence-corrected chi connectivity index (χ0v) is 22.4. The SMILES string of the molecule is COc1cc(CC[C@@H](O)[C@@H](Cc2cccc3c2[C@H](O)C=CO3)C(=O)CCc2cc(O)c(O)c(OC)c2)ccc1O. The van der Waals surface area contributed by atoms with Crippen LogP contribution in [0.2, 0.25) is 0 Å². The van der Waals surface area contributed by atoms with E-state index in [0.29, 0.717) is 34.6 Å².